The number of sulfone groups is 1. The predicted octanol–water partition coefficient (Wildman–Crippen LogP) is 0.512. The Morgan fingerprint density at radius 2 is 2.21 bits per heavy atom. The van der Waals surface area contributed by atoms with Crippen molar-refractivity contribution in [3.63, 3.8) is 0 Å². The van der Waals surface area contributed by atoms with E-state index >= 15 is 0 Å². The van der Waals surface area contributed by atoms with Crippen LogP contribution in [0.4, 0.5) is 4.39 Å². The second-order valence-corrected chi connectivity index (χ2v) is 9.42. The van der Waals surface area contributed by atoms with Crippen molar-refractivity contribution in [1.82, 2.24) is 15.0 Å². The molecule has 1 aliphatic carbocycles. The molecule has 10 heteroatoms. The molecule has 148 valence electrons. The molecular weight excluding hydrogens is 387 g/mol. The van der Waals surface area contributed by atoms with Gasteiger partial charge in [-0.1, -0.05) is 6.08 Å². The number of rotatable bonds is 4. The standard InChI is InChI=1S/C18H19FN4O4S/c1-10-12(5-6-15(24)21-11-7-8-28(26,27)9-11)18(25)23-17(20-10)16-13(19)3-2-4-14(16)22-23/h2-4,11,16H,5-9H2,1H3,(H,21,24). The number of carbonyl (C=O) groups is 1. The van der Waals surface area contributed by atoms with Crippen molar-refractivity contribution in [3.8, 4) is 0 Å². The highest BCUT2D eigenvalue weighted by Crippen LogP contribution is 2.33. The number of hydrogen-bond acceptors (Lipinski definition) is 6. The Morgan fingerprint density at radius 3 is 2.93 bits per heavy atom. The van der Waals surface area contributed by atoms with Crippen molar-refractivity contribution in [3.05, 3.63) is 51.5 Å². The van der Waals surface area contributed by atoms with Gasteiger partial charge in [0, 0.05) is 23.7 Å². The van der Waals surface area contributed by atoms with Gasteiger partial charge in [-0.3, -0.25) is 9.59 Å². The lowest BCUT2D eigenvalue weighted by Crippen LogP contribution is -2.36. The van der Waals surface area contributed by atoms with E-state index < -0.39 is 27.1 Å². The number of allylic oxidation sites excluding steroid dienone is 4. The molecule has 1 amide bonds. The Morgan fingerprint density at radius 1 is 1.43 bits per heavy atom. The van der Waals surface area contributed by atoms with Crippen LogP contribution in [0.5, 0.6) is 0 Å². The van der Waals surface area contributed by atoms with Crippen LogP contribution in [0, 0.1) is 6.92 Å². The SMILES string of the molecule is Cc1nc2n(c(=O)c1CCC(=O)NC1CCS(=O)(=O)C1)N=C1C=CC=C(F)C12. The molecule has 28 heavy (non-hydrogen) atoms. The summed E-state index contributed by atoms with van der Waals surface area (Å²) < 4.78 is 38.2. The summed E-state index contributed by atoms with van der Waals surface area (Å²) in [6.07, 6.45) is 5.07. The molecule has 4 rings (SSSR count). The second-order valence-electron chi connectivity index (χ2n) is 7.19. The van der Waals surface area contributed by atoms with Crippen LogP contribution in [0.25, 0.3) is 0 Å². The maximum absolute atomic E-state index is 14.2. The van der Waals surface area contributed by atoms with E-state index in [1.807, 2.05) is 0 Å². The average Bonchev–Trinajstić information content (AvgIpc) is 3.15. The van der Waals surface area contributed by atoms with Crippen molar-refractivity contribution in [2.75, 3.05) is 11.5 Å². The molecule has 2 aliphatic heterocycles. The minimum atomic E-state index is -3.08. The van der Waals surface area contributed by atoms with Crippen LogP contribution < -0.4 is 10.9 Å². The number of aryl methyl sites for hydroxylation is 1. The normalized spacial score (nSPS) is 24.4. The predicted molar refractivity (Wildman–Crippen MR) is 101 cm³/mol. The van der Waals surface area contributed by atoms with Crippen LogP contribution in [0.3, 0.4) is 0 Å². The summed E-state index contributed by atoms with van der Waals surface area (Å²) in [5.41, 5.74) is 0.781. The summed E-state index contributed by atoms with van der Waals surface area (Å²) in [6.45, 7) is 1.65. The Kier molecular flexibility index (Phi) is 4.53. The van der Waals surface area contributed by atoms with Crippen LogP contribution in [0.15, 0.2) is 34.0 Å². The number of nitrogens with zero attached hydrogens (tertiary/aromatic N) is 3. The molecule has 8 nitrogen and oxygen atoms in total. The molecule has 0 radical (unpaired) electrons. The molecule has 2 unspecified atom stereocenters. The molecule has 0 saturated carbocycles. The Bertz CT molecular complexity index is 1120. The first-order valence-corrected chi connectivity index (χ1v) is 10.8. The molecule has 1 N–H and O–H groups in total. The lowest BCUT2D eigenvalue weighted by molar-refractivity contribution is -0.121. The topological polar surface area (TPSA) is 110 Å². The van der Waals surface area contributed by atoms with Gasteiger partial charge in [-0.2, -0.15) is 9.78 Å². The van der Waals surface area contributed by atoms with Crippen LogP contribution >= 0.6 is 0 Å². The van der Waals surface area contributed by atoms with Crippen LogP contribution in [-0.4, -0.2) is 47.2 Å². The summed E-state index contributed by atoms with van der Waals surface area (Å²) in [4.78, 5) is 29.3. The molecule has 2 atom stereocenters. The van der Waals surface area contributed by atoms with Crippen molar-refractivity contribution < 1.29 is 17.6 Å². The maximum Gasteiger partial charge on any atom is 0.277 e. The summed E-state index contributed by atoms with van der Waals surface area (Å²) in [6, 6.07) is -0.381. The van der Waals surface area contributed by atoms with E-state index in [4.69, 9.17) is 0 Å². The van der Waals surface area contributed by atoms with Crippen molar-refractivity contribution in [2.24, 2.45) is 5.10 Å². The molecule has 1 aromatic heterocycles. The fourth-order valence-corrected chi connectivity index (χ4v) is 5.40. The molecule has 0 bridgehead atoms. The third-order valence-electron chi connectivity index (χ3n) is 5.15. The van der Waals surface area contributed by atoms with E-state index in [1.54, 1.807) is 13.0 Å². The van der Waals surface area contributed by atoms with Gasteiger partial charge in [0.05, 0.1) is 17.2 Å². The van der Waals surface area contributed by atoms with Gasteiger partial charge in [0.1, 0.15) is 17.6 Å². The molecular formula is C18H19FN4O4S. The second kappa shape index (κ2) is 6.77. The highest BCUT2D eigenvalue weighted by Gasteiger charge is 2.35. The highest BCUT2D eigenvalue weighted by atomic mass is 32.2. The Hall–Kier alpha value is -2.62. The highest BCUT2D eigenvalue weighted by molar-refractivity contribution is 7.91. The lowest BCUT2D eigenvalue weighted by Gasteiger charge is -2.14. The average molecular weight is 406 g/mol. The van der Waals surface area contributed by atoms with Crippen molar-refractivity contribution >= 4 is 21.5 Å². The first-order chi connectivity index (χ1) is 13.2. The Labute approximate surface area is 160 Å². The van der Waals surface area contributed by atoms with E-state index in [0.717, 1.165) is 4.68 Å². The molecule has 1 fully saturated rings. The van der Waals surface area contributed by atoms with E-state index in [2.05, 4.69) is 15.4 Å². The van der Waals surface area contributed by atoms with Gasteiger partial charge in [0.25, 0.3) is 5.56 Å². The zero-order valence-corrected chi connectivity index (χ0v) is 16.0. The van der Waals surface area contributed by atoms with Gasteiger partial charge < -0.3 is 5.32 Å². The summed E-state index contributed by atoms with van der Waals surface area (Å²) >= 11 is 0. The number of amides is 1. The molecule has 3 aliphatic rings. The minimum Gasteiger partial charge on any atom is -0.352 e. The molecule has 3 heterocycles. The maximum atomic E-state index is 14.2. The van der Waals surface area contributed by atoms with Crippen LogP contribution in [-0.2, 0) is 21.1 Å². The fourth-order valence-electron chi connectivity index (χ4n) is 3.73. The number of fused-ring (bicyclic) bond motifs is 3. The fraction of sp³-hybridized carbons (Fsp3) is 0.444. The largest absolute Gasteiger partial charge is 0.352 e. The summed E-state index contributed by atoms with van der Waals surface area (Å²) in [5, 5.41) is 6.88. The van der Waals surface area contributed by atoms with Gasteiger partial charge in [-0.25, -0.2) is 17.8 Å². The van der Waals surface area contributed by atoms with Gasteiger partial charge in [-0.05, 0) is 31.9 Å². The Balaban J connectivity index is 1.50. The van der Waals surface area contributed by atoms with Crippen LogP contribution in [0.1, 0.15) is 35.8 Å². The molecule has 1 aromatic rings. The minimum absolute atomic E-state index is 0.0296. The third-order valence-corrected chi connectivity index (χ3v) is 6.92. The quantitative estimate of drug-likeness (QED) is 0.783. The zero-order chi connectivity index (χ0) is 20.1. The van der Waals surface area contributed by atoms with Gasteiger partial charge in [-0.15, -0.1) is 0 Å². The van der Waals surface area contributed by atoms with E-state index in [9.17, 15) is 22.4 Å². The number of halogens is 1. The smallest absolute Gasteiger partial charge is 0.277 e. The van der Waals surface area contributed by atoms with Gasteiger partial charge in [0.15, 0.2) is 9.84 Å². The van der Waals surface area contributed by atoms with E-state index in [-0.39, 0.29) is 42.1 Å². The number of carbonyl (C=O) groups excluding carboxylic acids is 1. The first kappa shape index (κ1) is 18.7. The third kappa shape index (κ3) is 3.32. The summed E-state index contributed by atoms with van der Waals surface area (Å²) in [7, 11) is -3.08. The monoisotopic (exact) mass is 406 g/mol. The lowest BCUT2D eigenvalue weighted by atomic mass is 9.97. The van der Waals surface area contributed by atoms with Crippen molar-refractivity contribution in [1.29, 1.82) is 0 Å². The van der Waals surface area contributed by atoms with Crippen molar-refractivity contribution in [2.45, 2.75) is 38.1 Å². The number of aromatic nitrogens is 2. The summed E-state index contributed by atoms with van der Waals surface area (Å²) in [5.74, 6) is -1.24. The molecule has 1 saturated heterocycles. The van der Waals surface area contributed by atoms with Gasteiger partial charge in [0.2, 0.25) is 5.91 Å². The molecule has 0 spiro atoms. The first-order valence-electron chi connectivity index (χ1n) is 9.00. The number of nitrogens with one attached hydrogen (secondary N) is 1. The van der Waals surface area contributed by atoms with E-state index in [1.165, 1.54) is 12.2 Å². The van der Waals surface area contributed by atoms with Crippen LogP contribution in [0.2, 0.25) is 0 Å². The van der Waals surface area contributed by atoms with Gasteiger partial charge >= 0.3 is 0 Å². The number of hydrogen-bond donors (Lipinski definition) is 1. The molecule has 0 aromatic carbocycles. The zero-order valence-electron chi connectivity index (χ0n) is 15.2. The van der Waals surface area contributed by atoms with E-state index in [0.29, 0.717) is 23.4 Å².